The number of rotatable bonds is 3. The maximum absolute atomic E-state index is 5.69. The smallest absolute Gasteiger partial charge is 0.0150 e. The molecule has 0 amide bonds. The molecule has 1 heterocycles. The van der Waals surface area contributed by atoms with Crippen molar-refractivity contribution in [2.45, 2.75) is 32.7 Å². The highest BCUT2D eigenvalue weighted by Gasteiger charge is 2.56. The van der Waals surface area contributed by atoms with Crippen molar-refractivity contribution in [3.8, 4) is 0 Å². The standard InChI is InChI=1S/C11H22N2/c1-4-11(2,3)13-6-9-8(5-12)10(9)7-13/h8-10H,4-7,12H2,1-3H3. The predicted molar refractivity (Wildman–Crippen MR) is 55.5 cm³/mol. The van der Waals surface area contributed by atoms with E-state index >= 15 is 0 Å². The third-order valence-electron chi connectivity index (χ3n) is 4.36. The Morgan fingerprint density at radius 2 is 1.85 bits per heavy atom. The summed E-state index contributed by atoms with van der Waals surface area (Å²) in [5.74, 6) is 2.75. The van der Waals surface area contributed by atoms with Gasteiger partial charge in [-0.15, -0.1) is 0 Å². The SMILES string of the molecule is CCC(C)(C)N1CC2C(CN)C2C1. The first kappa shape index (κ1) is 9.47. The number of nitrogens with zero attached hydrogens (tertiary/aromatic N) is 1. The van der Waals surface area contributed by atoms with E-state index in [0.717, 1.165) is 24.3 Å². The zero-order chi connectivity index (χ0) is 9.64. The van der Waals surface area contributed by atoms with Gasteiger partial charge in [-0.1, -0.05) is 6.92 Å². The highest BCUT2D eigenvalue weighted by Crippen LogP contribution is 2.52. The average Bonchev–Trinajstić information content (AvgIpc) is 2.57. The number of hydrogen-bond donors (Lipinski definition) is 1. The average molecular weight is 182 g/mol. The summed E-state index contributed by atoms with van der Waals surface area (Å²) in [7, 11) is 0. The summed E-state index contributed by atoms with van der Waals surface area (Å²) in [6.45, 7) is 10.5. The summed E-state index contributed by atoms with van der Waals surface area (Å²) in [4.78, 5) is 2.65. The van der Waals surface area contributed by atoms with Gasteiger partial charge in [0.2, 0.25) is 0 Å². The Labute approximate surface area is 81.5 Å². The van der Waals surface area contributed by atoms with E-state index in [-0.39, 0.29) is 0 Å². The van der Waals surface area contributed by atoms with E-state index in [1.54, 1.807) is 0 Å². The molecule has 2 heteroatoms. The summed E-state index contributed by atoms with van der Waals surface area (Å²) >= 11 is 0. The van der Waals surface area contributed by atoms with E-state index in [1.165, 1.54) is 19.5 Å². The molecule has 1 saturated carbocycles. The third kappa shape index (κ3) is 1.40. The molecule has 1 aliphatic heterocycles. The van der Waals surface area contributed by atoms with Crippen LogP contribution in [-0.2, 0) is 0 Å². The van der Waals surface area contributed by atoms with Gasteiger partial charge in [0.05, 0.1) is 0 Å². The predicted octanol–water partition coefficient (Wildman–Crippen LogP) is 1.31. The Balaban J connectivity index is 1.90. The minimum absolute atomic E-state index is 0.409. The van der Waals surface area contributed by atoms with Crippen LogP contribution >= 0.6 is 0 Å². The normalized spacial score (nSPS) is 39.2. The molecule has 76 valence electrons. The molecule has 2 nitrogen and oxygen atoms in total. The van der Waals surface area contributed by atoms with Crippen LogP contribution in [0, 0.1) is 17.8 Å². The van der Waals surface area contributed by atoms with Gasteiger partial charge in [0.15, 0.2) is 0 Å². The van der Waals surface area contributed by atoms with Crippen LogP contribution in [0.4, 0.5) is 0 Å². The molecule has 0 aromatic carbocycles. The molecular formula is C11H22N2. The van der Waals surface area contributed by atoms with Crippen LogP contribution in [0.25, 0.3) is 0 Å². The van der Waals surface area contributed by atoms with Crippen molar-refractivity contribution in [1.82, 2.24) is 4.90 Å². The molecule has 0 aromatic rings. The van der Waals surface area contributed by atoms with Gasteiger partial charge < -0.3 is 5.73 Å². The van der Waals surface area contributed by atoms with Crippen molar-refractivity contribution in [2.75, 3.05) is 19.6 Å². The van der Waals surface area contributed by atoms with Crippen LogP contribution in [0.1, 0.15) is 27.2 Å². The molecule has 2 unspecified atom stereocenters. The van der Waals surface area contributed by atoms with Crippen molar-refractivity contribution >= 4 is 0 Å². The molecule has 13 heavy (non-hydrogen) atoms. The maximum Gasteiger partial charge on any atom is 0.0150 e. The number of hydrogen-bond acceptors (Lipinski definition) is 2. The van der Waals surface area contributed by atoms with E-state index in [0.29, 0.717) is 5.54 Å². The fourth-order valence-electron chi connectivity index (χ4n) is 2.72. The largest absolute Gasteiger partial charge is 0.330 e. The van der Waals surface area contributed by atoms with Gasteiger partial charge in [-0.3, -0.25) is 4.90 Å². The Kier molecular flexibility index (Phi) is 2.16. The van der Waals surface area contributed by atoms with Crippen molar-refractivity contribution in [1.29, 1.82) is 0 Å². The molecule has 0 spiro atoms. The minimum Gasteiger partial charge on any atom is -0.330 e. The Bertz CT molecular complexity index is 188. The highest BCUT2D eigenvalue weighted by atomic mass is 15.2. The first-order chi connectivity index (χ1) is 6.10. The van der Waals surface area contributed by atoms with Gasteiger partial charge in [0, 0.05) is 18.6 Å². The second-order valence-corrected chi connectivity index (χ2v) is 5.30. The first-order valence-corrected chi connectivity index (χ1v) is 5.55. The van der Waals surface area contributed by atoms with Gasteiger partial charge in [-0.25, -0.2) is 0 Å². The number of fused-ring (bicyclic) bond motifs is 1. The number of nitrogens with two attached hydrogens (primary N) is 1. The quantitative estimate of drug-likeness (QED) is 0.713. The van der Waals surface area contributed by atoms with E-state index in [9.17, 15) is 0 Å². The number of likely N-dealkylation sites (tertiary alicyclic amines) is 1. The molecule has 0 bridgehead atoms. The molecule has 1 saturated heterocycles. The molecule has 2 fully saturated rings. The van der Waals surface area contributed by atoms with E-state index in [2.05, 4.69) is 25.7 Å². The molecule has 1 aliphatic carbocycles. The van der Waals surface area contributed by atoms with Crippen molar-refractivity contribution in [3.05, 3.63) is 0 Å². The second-order valence-electron chi connectivity index (χ2n) is 5.30. The van der Waals surface area contributed by atoms with Crippen LogP contribution in [0.5, 0.6) is 0 Å². The molecule has 2 aliphatic rings. The van der Waals surface area contributed by atoms with Crippen molar-refractivity contribution in [2.24, 2.45) is 23.5 Å². The molecule has 2 N–H and O–H groups in total. The molecule has 0 radical (unpaired) electrons. The molecular weight excluding hydrogens is 160 g/mol. The zero-order valence-corrected chi connectivity index (χ0v) is 9.09. The summed E-state index contributed by atoms with van der Waals surface area (Å²) in [6.07, 6.45) is 1.25. The lowest BCUT2D eigenvalue weighted by molar-refractivity contribution is 0.126. The lowest BCUT2D eigenvalue weighted by atomic mass is 9.99. The van der Waals surface area contributed by atoms with Crippen LogP contribution in [0.3, 0.4) is 0 Å². The summed E-state index contributed by atoms with van der Waals surface area (Å²) < 4.78 is 0. The van der Waals surface area contributed by atoms with Crippen molar-refractivity contribution in [3.63, 3.8) is 0 Å². The highest BCUT2D eigenvalue weighted by molar-refractivity contribution is 5.07. The lowest BCUT2D eigenvalue weighted by Gasteiger charge is -2.36. The van der Waals surface area contributed by atoms with Crippen LogP contribution < -0.4 is 5.73 Å². The Morgan fingerprint density at radius 3 is 2.23 bits per heavy atom. The fraction of sp³-hybridized carbons (Fsp3) is 1.00. The summed E-state index contributed by atoms with van der Waals surface area (Å²) in [5.41, 5.74) is 6.10. The first-order valence-electron chi connectivity index (χ1n) is 5.55. The van der Waals surface area contributed by atoms with Gasteiger partial charge in [0.25, 0.3) is 0 Å². The Morgan fingerprint density at radius 1 is 1.31 bits per heavy atom. The lowest BCUT2D eigenvalue weighted by Crippen LogP contribution is -2.43. The second kappa shape index (κ2) is 2.96. The topological polar surface area (TPSA) is 29.3 Å². The maximum atomic E-state index is 5.69. The summed E-state index contributed by atoms with van der Waals surface area (Å²) in [6, 6.07) is 0. The monoisotopic (exact) mass is 182 g/mol. The van der Waals surface area contributed by atoms with Gasteiger partial charge in [-0.05, 0) is 44.6 Å². The van der Waals surface area contributed by atoms with Gasteiger partial charge in [0.1, 0.15) is 0 Å². The Hall–Kier alpha value is -0.0800. The fourth-order valence-corrected chi connectivity index (χ4v) is 2.72. The number of piperidine rings is 1. The minimum atomic E-state index is 0.409. The van der Waals surface area contributed by atoms with E-state index in [1.807, 2.05) is 0 Å². The van der Waals surface area contributed by atoms with Crippen LogP contribution in [0.2, 0.25) is 0 Å². The summed E-state index contributed by atoms with van der Waals surface area (Å²) in [5, 5.41) is 0. The van der Waals surface area contributed by atoms with Gasteiger partial charge >= 0.3 is 0 Å². The molecule has 0 aromatic heterocycles. The van der Waals surface area contributed by atoms with Gasteiger partial charge in [-0.2, -0.15) is 0 Å². The van der Waals surface area contributed by atoms with Crippen LogP contribution in [-0.4, -0.2) is 30.1 Å². The third-order valence-corrected chi connectivity index (χ3v) is 4.36. The van der Waals surface area contributed by atoms with E-state index < -0.39 is 0 Å². The van der Waals surface area contributed by atoms with E-state index in [4.69, 9.17) is 5.73 Å². The zero-order valence-electron chi connectivity index (χ0n) is 9.09. The van der Waals surface area contributed by atoms with Crippen molar-refractivity contribution < 1.29 is 0 Å². The molecule has 2 atom stereocenters. The molecule has 2 rings (SSSR count). The van der Waals surface area contributed by atoms with Crippen LogP contribution in [0.15, 0.2) is 0 Å².